The van der Waals surface area contributed by atoms with Crippen LogP contribution in [0.2, 0.25) is 0 Å². The molecule has 26 heavy (non-hydrogen) atoms. The molecule has 7 heteroatoms. The second kappa shape index (κ2) is 10.1. The number of nitrogens with zero attached hydrogens (tertiary/aromatic N) is 3. The van der Waals surface area contributed by atoms with Gasteiger partial charge >= 0.3 is 0 Å². The van der Waals surface area contributed by atoms with Crippen LogP contribution in [-0.4, -0.2) is 61.6 Å². The second-order valence-electron chi connectivity index (χ2n) is 6.42. The highest BCUT2D eigenvalue weighted by atomic mass is 16.5. The summed E-state index contributed by atoms with van der Waals surface area (Å²) >= 11 is 0. The maximum absolute atomic E-state index is 5.76. The zero-order valence-electron chi connectivity index (χ0n) is 15.5. The molecule has 0 bridgehead atoms. The first-order chi connectivity index (χ1) is 12.9. The predicted octanol–water partition coefficient (Wildman–Crippen LogP) is 1.79. The molecule has 7 nitrogen and oxygen atoms in total. The normalized spacial score (nSPS) is 17.7. The number of hydrogen-bond acceptors (Lipinski definition) is 4. The van der Waals surface area contributed by atoms with Crippen molar-refractivity contribution in [2.75, 3.05) is 40.0 Å². The van der Waals surface area contributed by atoms with Crippen molar-refractivity contribution >= 4 is 17.0 Å². The van der Waals surface area contributed by atoms with Gasteiger partial charge in [-0.1, -0.05) is 12.1 Å². The van der Waals surface area contributed by atoms with Crippen LogP contribution in [0.4, 0.5) is 0 Å². The quantitative estimate of drug-likeness (QED) is 0.406. The molecule has 1 aromatic carbocycles. The van der Waals surface area contributed by atoms with Crippen LogP contribution >= 0.6 is 0 Å². The van der Waals surface area contributed by atoms with Crippen LogP contribution in [0.25, 0.3) is 11.0 Å². The van der Waals surface area contributed by atoms with E-state index in [1.54, 1.807) is 7.05 Å². The molecule has 3 rings (SSSR count). The molecule has 142 valence electrons. The Balaban J connectivity index is 1.28. The van der Waals surface area contributed by atoms with Gasteiger partial charge in [0.1, 0.15) is 0 Å². The number of aromatic nitrogens is 2. The number of fused-ring (bicyclic) bond motifs is 1. The second-order valence-corrected chi connectivity index (χ2v) is 6.42. The van der Waals surface area contributed by atoms with E-state index < -0.39 is 0 Å². The van der Waals surface area contributed by atoms with Crippen molar-refractivity contribution in [1.29, 1.82) is 0 Å². The maximum atomic E-state index is 5.76. The molecule has 1 fully saturated rings. The Hall–Kier alpha value is -2.12. The Morgan fingerprint density at radius 3 is 2.96 bits per heavy atom. The van der Waals surface area contributed by atoms with Gasteiger partial charge in [0.25, 0.3) is 0 Å². The summed E-state index contributed by atoms with van der Waals surface area (Å²) in [5.41, 5.74) is 2.23. The van der Waals surface area contributed by atoms with Crippen LogP contribution in [0.1, 0.15) is 19.3 Å². The Morgan fingerprint density at radius 2 is 2.15 bits per heavy atom. The van der Waals surface area contributed by atoms with E-state index in [-0.39, 0.29) is 6.10 Å². The summed E-state index contributed by atoms with van der Waals surface area (Å²) in [5, 5.41) is 6.68. The number of nitrogens with one attached hydrogen (secondary N) is 2. The molecule has 2 aromatic rings. The van der Waals surface area contributed by atoms with Crippen molar-refractivity contribution in [3.8, 4) is 0 Å². The lowest BCUT2D eigenvalue weighted by molar-refractivity contribution is 0.0420. The van der Waals surface area contributed by atoms with Gasteiger partial charge in [0.05, 0.1) is 30.1 Å². The summed E-state index contributed by atoms with van der Waals surface area (Å²) in [7, 11) is 1.80. The zero-order chi connectivity index (χ0) is 18.0. The van der Waals surface area contributed by atoms with Crippen LogP contribution in [0.5, 0.6) is 0 Å². The molecule has 2 heterocycles. The fraction of sp³-hybridized carbons (Fsp3) is 0.579. The molecular formula is C19H29N5O2. The van der Waals surface area contributed by atoms with Gasteiger partial charge < -0.3 is 24.7 Å². The smallest absolute Gasteiger partial charge is 0.190 e. The van der Waals surface area contributed by atoms with E-state index >= 15 is 0 Å². The summed E-state index contributed by atoms with van der Waals surface area (Å²) in [4.78, 5) is 8.68. The number of imidazole rings is 1. The average Bonchev–Trinajstić information content (AvgIpc) is 3.33. The zero-order valence-corrected chi connectivity index (χ0v) is 15.5. The third-order valence-electron chi connectivity index (χ3n) is 4.47. The highest BCUT2D eigenvalue weighted by molar-refractivity contribution is 5.79. The van der Waals surface area contributed by atoms with E-state index in [0.717, 1.165) is 70.2 Å². The summed E-state index contributed by atoms with van der Waals surface area (Å²) in [6.07, 6.45) is 5.17. The SMILES string of the molecule is CN=C(NCCCOC1CCOC1)NCCCn1cnc2ccccc21. The first-order valence-electron chi connectivity index (χ1n) is 9.40. The van der Waals surface area contributed by atoms with E-state index in [9.17, 15) is 0 Å². The lowest BCUT2D eigenvalue weighted by atomic mass is 10.3. The monoisotopic (exact) mass is 359 g/mol. The van der Waals surface area contributed by atoms with Gasteiger partial charge in [-0.05, 0) is 31.4 Å². The number of rotatable bonds is 9. The van der Waals surface area contributed by atoms with Gasteiger partial charge in [0, 0.05) is 39.9 Å². The minimum Gasteiger partial charge on any atom is -0.379 e. The summed E-state index contributed by atoms with van der Waals surface area (Å²) in [6, 6.07) is 8.22. The fourth-order valence-electron chi connectivity index (χ4n) is 3.04. The van der Waals surface area contributed by atoms with Crippen molar-refractivity contribution in [3.05, 3.63) is 30.6 Å². The van der Waals surface area contributed by atoms with Crippen molar-refractivity contribution in [2.24, 2.45) is 4.99 Å². The van der Waals surface area contributed by atoms with Crippen molar-refractivity contribution in [3.63, 3.8) is 0 Å². The summed E-state index contributed by atoms with van der Waals surface area (Å²) < 4.78 is 13.3. The van der Waals surface area contributed by atoms with Gasteiger partial charge in [0.2, 0.25) is 0 Å². The number of hydrogen-bond donors (Lipinski definition) is 2. The summed E-state index contributed by atoms with van der Waals surface area (Å²) in [6.45, 7) is 4.96. The Morgan fingerprint density at radius 1 is 1.31 bits per heavy atom. The van der Waals surface area contributed by atoms with Crippen LogP contribution in [-0.2, 0) is 16.0 Å². The number of para-hydroxylation sites is 2. The number of aliphatic imine (C=N–C) groups is 1. The molecule has 1 aliphatic heterocycles. The van der Waals surface area contributed by atoms with Gasteiger partial charge in [0.15, 0.2) is 5.96 Å². The van der Waals surface area contributed by atoms with E-state index in [1.807, 2.05) is 24.5 Å². The first-order valence-corrected chi connectivity index (χ1v) is 9.40. The maximum Gasteiger partial charge on any atom is 0.190 e. The number of ether oxygens (including phenoxy) is 2. The van der Waals surface area contributed by atoms with Crippen LogP contribution in [0, 0.1) is 0 Å². The van der Waals surface area contributed by atoms with E-state index in [2.05, 4.69) is 31.2 Å². The number of guanidine groups is 1. The molecule has 0 spiro atoms. The van der Waals surface area contributed by atoms with Gasteiger partial charge in [-0.15, -0.1) is 0 Å². The molecule has 1 aromatic heterocycles. The third-order valence-corrected chi connectivity index (χ3v) is 4.47. The minimum absolute atomic E-state index is 0.284. The molecule has 1 saturated heterocycles. The average molecular weight is 359 g/mol. The van der Waals surface area contributed by atoms with Gasteiger partial charge in [-0.25, -0.2) is 4.98 Å². The van der Waals surface area contributed by atoms with Crippen molar-refractivity contribution in [2.45, 2.75) is 31.9 Å². The number of benzene rings is 1. The lowest BCUT2D eigenvalue weighted by Gasteiger charge is -2.13. The largest absolute Gasteiger partial charge is 0.379 e. The topological polar surface area (TPSA) is 72.7 Å². The standard InChI is InChI=1S/C19H29N5O2/c1-20-19(22-10-5-12-26-16-8-13-25-14-16)21-9-4-11-24-15-23-17-6-2-3-7-18(17)24/h2-3,6-7,15-16H,4-5,8-14H2,1H3,(H2,20,21,22). The first kappa shape index (κ1) is 18.7. The molecule has 2 N–H and O–H groups in total. The molecule has 1 unspecified atom stereocenters. The Bertz CT molecular complexity index is 694. The molecule has 0 saturated carbocycles. The van der Waals surface area contributed by atoms with Crippen LogP contribution < -0.4 is 10.6 Å². The third kappa shape index (κ3) is 5.44. The highest BCUT2D eigenvalue weighted by Gasteiger charge is 2.15. The molecule has 1 atom stereocenters. The van der Waals surface area contributed by atoms with Crippen molar-refractivity contribution < 1.29 is 9.47 Å². The highest BCUT2D eigenvalue weighted by Crippen LogP contribution is 2.11. The van der Waals surface area contributed by atoms with Gasteiger partial charge in [-0.2, -0.15) is 0 Å². The fourth-order valence-corrected chi connectivity index (χ4v) is 3.04. The van der Waals surface area contributed by atoms with Gasteiger partial charge in [-0.3, -0.25) is 4.99 Å². The molecule has 0 radical (unpaired) electrons. The van der Waals surface area contributed by atoms with Crippen molar-refractivity contribution in [1.82, 2.24) is 20.2 Å². The lowest BCUT2D eigenvalue weighted by Crippen LogP contribution is -2.38. The van der Waals surface area contributed by atoms with E-state index in [1.165, 1.54) is 5.52 Å². The molecule has 0 aliphatic carbocycles. The van der Waals surface area contributed by atoms with Crippen LogP contribution in [0.15, 0.2) is 35.6 Å². The number of aryl methyl sites for hydroxylation is 1. The molecule has 0 amide bonds. The Labute approximate surface area is 154 Å². The molecule has 1 aliphatic rings. The van der Waals surface area contributed by atoms with E-state index in [4.69, 9.17) is 9.47 Å². The predicted molar refractivity (Wildman–Crippen MR) is 104 cm³/mol. The van der Waals surface area contributed by atoms with Crippen LogP contribution in [0.3, 0.4) is 0 Å². The summed E-state index contributed by atoms with van der Waals surface area (Å²) in [5.74, 6) is 0.838. The molecular weight excluding hydrogens is 330 g/mol. The van der Waals surface area contributed by atoms with E-state index in [0.29, 0.717) is 0 Å². The minimum atomic E-state index is 0.284. The Kier molecular flexibility index (Phi) is 7.27.